The zero-order valence-electron chi connectivity index (χ0n) is 17.2. The molecule has 6 nitrogen and oxygen atoms in total. The van der Waals surface area contributed by atoms with Gasteiger partial charge in [0.05, 0.1) is 5.56 Å². The van der Waals surface area contributed by atoms with Crippen LogP contribution in [0.2, 0.25) is 0 Å². The lowest BCUT2D eigenvalue weighted by Crippen LogP contribution is -2.15. The Morgan fingerprint density at radius 1 is 1.11 bits per heavy atom. The lowest BCUT2D eigenvalue weighted by molar-refractivity contribution is -0.114. The van der Waals surface area contributed by atoms with E-state index >= 15 is 0 Å². The Labute approximate surface area is 165 Å². The SMILES string of the molecule is CC(=O)Nc1ccc(C(=O)OCC(=O)c2cc(C)n(CCC(C)C)c2C)cc1. The number of benzene rings is 1. The first-order chi connectivity index (χ1) is 13.2. The quantitative estimate of drug-likeness (QED) is 0.548. The minimum atomic E-state index is -0.573. The molecule has 0 radical (unpaired) electrons. The number of nitrogens with one attached hydrogen (secondary N) is 1. The number of aromatic nitrogens is 1. The molecule has 2 aromatic rings. The normalized spacial score (nSPS) is 10.8. The molecule has 0 aliphatic rings. The molecule has 1 heterocycles. The number of hydrogen-bond acceptors (Lipinski definition) is 4. The van der Waals surface area contributed by atoms with Crippen molar-refractivity contribution in [2.75, 3.05) is 11.9 Å². The Morgan fingerprint density at radius 3 is 2.32 bits per heavy atom. The minimum Gasteiger partial charge on any atom is -0.454 e. The molecule has 28 heavy (non-hydrogen) atoms. The number of rotatable bonds is 8. The zero-order valence-corrected chi connectivity index (χ0v) is 17.2. The van der Waals surface area contributed by atoms with Crippen molar-refractivity contribution in [2.45, 2.75) is 47.6 Å². The zero-order chi connectivity index (χ0) is 20.8. The molecule has 0 aliphatic heterocycles. The molecule has 0 aliphatic carbocycles. The number of anilines is 1. The molecule has 0 saturated carbocycles. The molecule has 0 saturated heterocycles. The maximum atomic E-state index is 12.5. The monoisotopic (exact) mass is 384 g/mol. The molecule has 150 valence electrons. The predicted octanol–water partition coefficient (Wildman–Crippen LogP) is 4.15. The van der Waals surface area contributed by atoms with E-state index in [4.69, 9.17) is 4.74 Å². The first-order valence-electron chi connectivity index (χ1n) is 9.43. The summed E-state index contributed by atoms with van der Waals surface area (Å²) in [5, 5.41) is 2.63. The molecule has 1 N–H and O–H groups in total. The third-order valence-corrected chi connectivity index (χ3v) is 4.58. The summed E-state index contributed by atoms with van der Waals surface area (Å²) in [6.45, 7) is 10.2. The fourth-order valence-electron chi connectivity index (χ4n) is 3.00. The lowest BCUT2D eigenvalue weighted by atomic mass is 10.1. The van der Waals surface area contributed by atoms with Gasteiger partial charge in [-0.25, -0.2) is 4.79 Å². The van der Waals surface area contributed by atoms with E-state index in [1.54, 1.807) is 24.3 Å². The molecule has 1 aromatic carbocycles. The van der Waals surface area contributed by atoms with Gasteiger partial charge < -0.3 is 14.6 Å². The van der Waals surface area contributed by atoms with E-state index in [0.717, 1.165) is 24.4 Å². The van der Waals surface area contributed by atoms with Crippen LogP contribution in [0.1, 0.15) is 59.3 Å². The summed E-state index contributed by atoms with van der Waals surface area (Å²) in [4.78, 5) is 35.8. The van der Waals surface area contributed by atoms with Crippen LogP contribution in [0.25, 0.3) is 0 Å². The summed E-state index contributed by atoms with van der Waals surface area (Å²) < 4.78 is 7.32. The fourth-order valence-corrected chi connectivity index (χ4v) is 3.00. The Bertz CT molecular complexity index is 863. The van der Waals surface area contributed by atoms with Crippen molar-refractivity contribution < 1.29 is 19.1 Å². The highest BCUT2D eigenvalue weighted by molar-refractivity contribution is 6.00. The van der Waals surface area contributed by atoms with Gasteiger partial charge in [-0.15, -0.1) is 0 Å². The van der Waals surface area contributed by atoms with Crippen LogP contribution < -0.4 is 5.32 Å². The van der Waals surface area contributed by atoms with Gasteiger partial charge in [0.25, 0.3) is 0 Å². The van der Waals surface area contributed by atoms with E-state index in [9.17, 15) is 14.4 Å². The van der Waals surface area contributed by atoms with Gasteiger partial charge in [-0.3, -0.25) is 9.59 Å². The van der Waals surface area contributed by atoms with Gasteiger partial charge in [0.15, 0.2) is 6.61 Å². The van der Waals surface area contributed by atoms with Gasteiger partial charge in [-0.05, 0) is 56.5 Å². The molecule has 0 unspecified atom stereocenters. The highest BCUT2D eigenvalue weighted by Gasteiger charge is 2.18. The number of Topliss-reactive ketones (excluding diaryl/α,β-unsaturated/α-hetero) is 1. The number of amides is 1. The van der Waals surface area contributed by atoms with E-state index in [-0.39, 0.29) is 18.3 Å². The minimum absolute atomic E-state index is 0.188. The van der Waals surface area contributed by atoms with Gasteiger partial charge in [0, 0.05) is 36.1 Å². The number of carbonyl (C=O) groups is 3. The van der Waals surface area contributed by atoms with E-state index in [1.165, 1.54) is 6.92 Å². The van der Waals surface area contributed by atoms with Gasteiger partial charge in [0.2, 0.25) is 11.7 Å². The summed E-state index contributed by atoms with van der Waals surface area (Å²) in [6, 6.07) is 8.18. The Balaban J connectivity index is 1.99. The molecule has 1 aromatic heterocycles. The van der Waals surface area contributed by atoms with Gasteiger partial charge in [-0.2, -0.15) is 0 Å². The number of ketones is 1. The molecular weight excluding hydrogens is 356 g/mol. The van der Waals surface area contributed by atoms with Gasteiger partial charge in [-0.1, -0.05) is 13.8 Å². The number of ether oxygens (including phenoxy) is 1. The first kappa shape index (κ1) is 21.4. The number of nitrogens with zero attached hydrogens (tertiary/aromatic N) is 1. The van der Waals surface area contributed by atoms with Crippen molar-refractivity contribution in [3.8, 4) is 0 Å². The molecule has 0 spiro atoms. The van der Waals surface area contributed by atoms with Crippen molar-refractivity contribution >= 4 is 23.3 Å². The van der Waals surface area contributed by atoms with Crippen LogP contribution in [0.15, 0.2) is 30.3 Å². The van der Waals surface area contributed by atoms with Crippen molar-refractivity contribution in [1.82, 2.24) is 4.57 Å². The van der Waals surface area contributed by atoms with Crippen LogP contribution >= 0.6 is 0 Å². The molecule has 0 atom stereocenters. The third-order valence-electron chi connectivity index (χ3n) is 4.58. The molecule has 0 bridgehead atoms. The van der Waals surface area contributed by atoms with E-state index < -0.39 is 5.97 Å². The van der Waals surface area contributed by atoms with Gasteiger partial charge in [0.1, 0.15) is 0 Å². The van der Waals surface area contributed by atoms with E-state index in [2.05, 4.69) is 23.7 Å². The molecule has 1 amide bonds. The second-order valence-electron chi connectivity index (χ2n) is 7.38. The Kier molecular flexibility index (Phi) is 7.15. The van der Waals surface area contributed by atoms with Crippen LogP contribution in [-0.4, -0.2) is 28.8 Å². The van der Waals surface area contributed by atoms with Crippen molar-refractivity contribution in [3.63, 3.8) is 0 Å². The first-order valence-corrected chi connectivity index (χ1v) is 9.43. The van der Waals surface area contributed by atoms with Crippen LogP contribution in [0, 0.1) is 19.8 Å². The molecular formula is C22H28N2O4. The molecule has 0 fully saturated rings. The maximum Gasteiger partial charge on any atom is 0.338 e. The van der Waals surface area contributed by atoms with Crippen LogP contribution in [0.5, 0.6) is 0 Å². The Hall–Kier alpha value is -2.89. The third kappa shape index (κ3) is 5.55. The summed E-state index contributed by atoms with van der Waals surface area (Å²) in [5.41, 5.74) is 3.44. The summed E-state index contributed by atoms with van der Waals surface area (Å²) in [6.07, 6.45) is 1.04. The number of aryl methyl sites for hydroxylation is 1. The van der Waals surface area contributed by atoms with Crippen molar-refractivity contribution in [2.24, 2.45) is 5.92 Å². The summed E-state index contributed by atoms with van der Waals surface area (Å²) >= 11 is 0. The summed E-state index contributed by atoms with van der Waals surface area (Å²) in [7, 11) is 0. The summed E-state index contributed by atoms with van der Waals surface area (Å²) in [5.74, 6) is -0.395. The lowest BCUT2D eigenvalue weighted by Gasteiger charge is -2.11. The maximum absolute atomic E-state index is 12.5. The fraction of sp³-hybridized carbons (Fsp3) is 0.409. The smallest absolute Gasteiger partial charge is 0.338 e. The standard InChI is InChI=1S/C22H28N2O4/c1-14(2)10-11-24-15(3)12-20(16(24)4)21(26)13-28-22(27)18-6-8-19(9-7-18)23-17(5)25/h6-9,12,14H,10-11,13H2,1-5H3,(H,23,25). The van der Waals surface area contributed by atoms with E-state index in [0.29, 0.717) is 22.7 Å². The Morgan fingerprint density at radius 2 is 1.75 bits per heavy atom. The topological polar surface area (TPSA) is 77.4 Å². The van der Waals surface area contributed by atoms with Crippen molar-refractivity contribution in [1.29, 1.82) is 0 Å². The van der Waals surface area contributed by atoms with Crippen LogP contribution in [0.4, 0.5) is 5.69 Å². The predicted molar refractivity (Wildman–Crippen MR) is 109 cm³/mol. The highest BCUT2D eigenvalue weighted by atomic mass is 16.5. The molecule has 2 rings (SSSR count). The van der Waals surface area contributed by atoms with Crippen LogP contribution in [0.3, 0.4) is 0 Å². The highest BCUT2D eigenvalue weighted by Crippen LogP contribution is 2.18. The second-order valence-corrected chi connectivity index (χ2v) is 7.38. The number of hydrogen-bond donors (Lipinski definition) is 1. The largest absolute Gasteiger partial charge is 0.454 e. The van der Waals surface area contributed by atoms with Crippen molar-refractivity contribution in [3.05, 3.63) is 52.8 Å². The average Bonchev–Trinajstić information content (AvgIpc) is 2.91. The van der Waals surface area contributed by atoms with E-state index in [1.807, 2.05) is 19.9 Å². The molecule has 6 heteroatoms. The number of esters is 1. The van der Waals surface area contributed by atoms with Gasteiger partial charge >= 0.3 is 5.97 Å². The second kappa shape index (κ2) is 9.35. The van der Waals surface area contributed by atoms with Crippen LogP contribution in [-0.2, 0) is 16.1 Å². The average molecular weight is 384 g/mol. The number of carbonyl (C=O) groups excluding carboxylic acids is 3.